The molecule has 0 saturated carbocycles. The summed E-state index contributed by atoms with van der Waals surface area (Å²) >= 11 is 0. The molecular weight excluding hydrogens is 252 g/mol. The molecule has 0 spiro atoms. The van der Waals surface area contributed by atoms with Gasteiger partial charge in [-0.05, 0) is 33.1 Å². The number of hydrogen-bond acceptors (Lipinski definition) is 0. The van der Waals surface area contributed by atoms with Crippen molar-refractivity contribution in [1.82, 2.24) is 0 Å². The molecule has 0 aromatic heterocycles. The topological polar surface area (TPSA) is 0 Å². The van der Waals surface area contributed by atoms with Crippen LogP contribution in [0.3, 0.4) is 0 Å². The van der Waals surface area contributed by atoms with Crippen molar-refractivity contribution in [3.63, 3.8) is 0 Å². The van der Waals surface area contributed by atoms with E-state index in [-0.39, 0.29) is 10.8 Å². The first-order chi connectivity index (χ1) is 9.66. The van der Waals surface area contributed by atoms with E-state index in [9.17, 15) is 0 Å². The third kappa shape index (κ3) is 4.20. The summed E-state index contributed by atoms with van der Waals surface area (Å²) in [5.41, 5.74) is 5.70. The summed E-state index contributed by atoms with van der Waals surface area (Å²) in [4.78, 5) is 0. The maximum Gasteiger partial charge on any atom is 0.0199 e. The maximum absolute atomic E-state index is 2.25. The van der Waals surface area contributed by atoms with E-state index in [0.29, 0.717) is 0 Å². The van der Waals surface area contributed by atoms with Gasteiger partial charge in [-0.2, -0.15) is 0 Å². The normalized spacial score (nSPS) is 12.5. The van der Waals surface area contributed by atoms with Crippen LogP contribution in [-0.2, 0) is 10.8 Å². The van der Waals surface area contributed by atoms with Gasteiger partial charge in [-0.1, -0.05) is 90.1 Å². The van der Waals surface area contributed by atoms with E-state index >= 15 is 0 Å². The Hall–Kier alpha value is -1.56. The van der Waals surface area contributed by atoms with Gasteiger partial charge >= 0.3 is 0 Å². The summed E-state index contributed by atoms with van der Waals surface area (Å²) in [6, 6.07) is 17.8. The Balaban J connectivity index is 2.12. The van der Waals surface area contributed by atoms with Gasteiger partial charge in [-0.3, -0.25) is 0 Å². The fraction of sp³-hybridized carbons (Fsp3) is 0.381. The van der Waals surface area contributed by atoms with E-state index in [2.05, 4.69) is 96.5 Å². The predicted octanol–water partition coefficient (Wildman–Crippen LogP) is 5.88. The van der Waals surface area contributed by atoms with Crippen LogP contribution in [0, 0.1) is 6.42 Å². The molecule has 0 aliphatic heterocycles. The molecular formula is C21H27. The predicted molar refractivity (Wildman–Crippen MR) is 92.8 cm³/mol. The van der Waals surface area contributed by atoms with Crippen molar-refractivity contribution in [3.05, 3.63) is 77.2 Å². The van der Waals surface area contributed by atoms with Crippen LogP contribution in [0.2, 0.25) is 0 Å². The molecule has 0 heteroatoms. The third-order valence-electron chi connectivity index (χ3n) is 3.89. The average molecular weight is 279 g/mol. The highest BCUT2D eigenvalue weighted by Gasteiger charge is 2.14. The molecule has 0 atom stereocenters. The van der Waals surface area contributed by atoms with Crippen molar-refractivity contribution >= 4 is 0 Å². The molecule has 0 aliphatic carbocycles. The van der Waals surface area contributed by atoms with Gasteiger partial charge in [0, 0.05) is 6.42 Å². The monoisotopic (exact) mass is 279 g/mol. The lowest BCUT2D eigenvalue weighted by molar-refractivity contribution is 0.590. The fourth-order valence-electron chi connectivity index (χ4n) is 2.35. The third-order valence-corrected chi connectivity index (χ3v) is 3.89. The highest BCUT2D eigenvalue weighted by atomic mass is 14.2. The SMILES string of the molecule is CC(C)(C)c1ccc([CH]c2ccc(C(C)(C)C)cc2)cc1. The minimum atomic E-state index is 0.215. The molecule has 2 aromatic rings. The van der Waals surface area contributed by atoms with Crippen LogP contribution >= 0.6 is 0 Å². The fourth-order valence-corrected chi connectivity index (χ4v) is 2.35. The molecule has 0 saturated heterocycles. The summed E-state index contributed by atoms with van der Waals surface area (Å²) < 4.78 is 0. The first-order valence-corrected chi connectivity index (χ1v) is 7.72. The Morgan fingerprint density at radius 3 is 1.05 bits per heavy atom. The summed E-state index contributed by atoms with van der Waals surface area (Å²) in [7, 11) is 0. The van der Waals surface area contributed by atoms with Crippen molar-refractivity contribution in [2.45, 2.75) is 52.4 Å². The second-order valence-corrected chi connectivity index (χ2v) is 7.89. The summed E-state index contributed by atoms with van der Waals surface area (Å²) in [5.74, 6) is 0. The number of hydrogen-bond donors (Lipinski definition) is 0. The number of rotatable bonds is 2. The van der Waals surface area contributed by atoms with Gasteiger partial charge in [0.05, 0.1) is 0 Å². The van der Waals surface area contributed by atoms with Gasteiger partial charge in [-0.25, -0.2) is 0 Å². The van der Waals surface area contributed by atoms with Gasteiger partial charge in [-0.15, -0.1) is 0 Å². The van der Waals surface area contributed by atoms with Crippen LogP contribution in [0.1, 0.15) is 63.8 Å². The van der Waals surface area contributed by atoms with E-state index in [1.54, 1.807) is 0 Å². The van der Waals surface area contributed by atoms with Crippen LogP contribution in [0.25, 0.3) is 0 Å². The molecule has 0 fully saturated rings. The van der Waals surface area contributed by atoms with E-state index in [1.165, 1.54) is 22.3 Å². The zero-order valence-corrected chi connectivity index (χ0v) is 14.2. The quantitative estimate of drug-likeness (QED) is 0.643. The molecule has 0 nitrogen and oxygen atoms in total. The average Bonchev–Trinajstić information content (AvgIpc) is 2.38. The van der Waals surface area contributed by atoms with Gasteiger partial charge in [0.1, 0.15) is 0 Å². The van der Waals surface area contributed by atoms with Crippen LogP contribution in [0.4, 0.5) is 0 Å². The Bertz CT molecular complexity index is 516. The second-order valence-electron chi connectivity index (χ2n) is 7.89. The van der Waals surface area contributed by atoms with Crippen molar-refractivity contribution in [1.29, 1.82) is 0 Å². The van der Waals surface area contributed by atoms with Crippen LogP contribution in [-0.4, -0.2) is 0 Å². The zero-order chi connectivity index (χ0) is 15.7. The lowest BCUT2D eigenvalue weighted by Gasteiger charge is -2.20. The lowest BCUT2D eigenvalue weighted by atomic mass is 9.85. The first kappa shape index (κ1) is 15.8. The zero-order valence-electron chi connectivity index (χ0n) is 14.2. The summed E-state index contributed by atoms with van der Waals surface area (Å²) in [6.45, 7) is 13.5. The van der Waals surface area contributed by atoms with Gasteiger partial charge in [0.15, 0.2) is 0 Å². The van der Waals surface area contributed by atoms with Gasteiger partial charge in [0.2, 0.25) is 0 Å². The van der Waals surface area contributed by atoms with Crippen molar-refractivity contribution in [2.24, 2.45) is 0 Å². The first-order valence-electron chi connectivity index (χ1n) is 7.72. The molecule has 0 heterocycles. The Labute approximate surface area is 130 Å². The molecule has 2 aromatic carbocycles. The molecule has 0 aliphatic rings. The van der Waals surface area contributed by atoms with Crippen molar-refractivity contribution in [3.8, 4) is 0 Å². The van der Waals surface area contributed by atoms with Gasteiger partial charge < -0.3 is 0 Å². The minimum Gasteiger partial charge on any atom is -0.0582 e. The standard InChI is InChI=1S/C21H27/c1-20(2,3)18-11-7-16(8-12-18)15-17-9-13-19(14-10-17)21(4,5)6/h7-15H,1-6H3. The molecule has 2 rings (SSSR count). The van der Waals surface area contributed by atoms with E-state index < -0.39 is 0 Å². The highest BCUT2D eigenvalue weighted by Crippen LogP contribution is 2.25. The smallest absolute Gasteiger partial charge is 0.0199 e. The Morgan fingerprint density at radius 1 is 0.524 bits per heavy atom. The largest absolute Gasteiger partial charge is 0.0582 e. The summed E-state index contributed by atoms with van der Waals surface area (Å²) in [5, 5.41) is 0. The highest BCUT2D eigenvalue weighted by molar-refractivity contribution is 5.40. The van der Waals surface area contributed by atoms with Crippen molar-refractivity contribution < 1.29 is 0 Å². The van der Waals surface area contributed by atoms with Crippen LogP contribution in [0.15, 0.2) is 48.5 Å². The minimum absolute atomic E-state index is 0.215. The van der Waals surface area contributed by atoms with Crippen molar-refractivity contribution in [2.75, 3.05) is 0 Å². The lowest BCUT2D eigenvalue weighted by Crippen LogP contribution is -2.11. The van der Waals surface area contributed by atoms with Crippen LogP contribution < -0.4 is 0 Å². The Kier molecular flexibility index (Phi) is 4.27. The molecule has 0 amide bonds. The summed E-state index contributed by atoms with van der Waals surface area (Å²) in [6.07, 6.45) is 2.24. The molecule has 0 unspecified atom stereocenters. The molecule has 0 bridgehead atoms. The Morgan fingerprint density at radius 2 is 0.810 bits per heavy atom. The molecule has 111 valence electrons. The van der Waals surface area contributed by atoms with Gasteiger partial charge in [0.25, 0.3) is 0 Å². The molecule has 0 N–H and O–H groups in total. The number of benzene rings is 2. The van der Waals surface area contributed by atoms with E-state index in [0.717, 1.165) is 0 Å². The maximum atomic E-state index is 2.25. The molecule has 21 heavy (non-hydrogen) atoms. The van der Waals surface area contributed by atoms with Crippen LogP contribution in [0.5, 0.6) is 0 Å². The van der Waals surface area contributed by atoms with E-state index in [1.807, 2.05) is 0 Å². The van der Waals surface area contributed by atoms with E-state index in [4.69, 9.17) is 0 Å². The second kappa shape index (κ2) is 5.67. The molecule has 1 radical (unpaired) electrons.